The Morgan fingerprint density at radius 2 is 1.89 bits per heavy atom. The number of aliphatic carboxylic acids is 1. The molecular weight excluding hydrogens is 230 g/mol. The minimum atomic E-state index is -0.885. The highest BCUT2D eigenvalue weighted by molar-refractivity contribution is 5.70. The maximum Gasteiger partial charge on any atom is 0.309 e. The molecule has 2 N–H and O–H groups in total. The summed E-state index contributed by atoms with van der Waals surface area (Å²) in [4.78, 5) is 13.2. The first-order valence-electron chi connectivity index (χ1n) is 6.34. The molecule has 2 atom stereocenters. The zero-order chi connectivity index (χ0) is 13.0. The summed E-state index contributed by atoms with van der Waals surface area (Å²) in [7, 11) is 0. The van der Waals surface area contributed by atoms with E-state index >= 15 is 0 Å². The van der Waals surface area contributed by atoms with Gasteiger partial charge in [-0.1, -0.05) is 30.3 Å². The molecule has 4 nitrogen and oxygen atoms in total. The summed E-state index contributed by atoms with van der Waals surface area (Å²) in [5.74, 6) is -1.50. The van der Waals surface area contributed by atoms with Crippen LogP contribution >= 0.6 is 0 Å². The average molecular weight is 249 g/mol. The van der Waals surface area contributed by atoms with Crippen LogP contribution in [-0.4, -0.2) is 40.3 Å². The first-order valence-corrected chi connectivity index (χ1v) is 6.34. The molecule has 18 heavy (non-hydrogen) atoms. The van der Waals surface area contributed by atoms with E-state index in [2.05, 4.69) is 17.0 Å². The van der Waals surface area contributed by atoms with Gasteiger partial charge in [0.25, 0.3) is 0 Å². The molecule has 1 fully saturated rings. The van der Waals surface area contributed by atoms with Gasteiger partial charge in [-0.05, 0) is 24.9 Å². The number of carbonyl (C=O) groups is 1. The van der Waals surface area contributed by atoms with Crippen molar-refractivity contribution in [3.8, 4) is 0 Å². The Morgan fingerprint density at radius 3 is 2.56 bits per heavy atom. The largest absolute Gasteiger partial charge is 0.481 e. The van der Waals surface area contributed by atoms with Gasteiger partial charge >= 0.3 is 5.97 Å². The second-order valence-electron chi connectivity index (χ2n) is 4.85. The highest BCUT2D eigenvalue weighted by atomic mass is 16.4. The van der Waals surface area contributed by atoms with Crippen LogP contribution in [0, 0.1) is 5.92 Å². The predicted octanol–water partition coefficient (Wildman–Crippen LogP) is 1.34. The van der Waals surface area contributed by atoms with Crippen molar-refractivity contribution in [1.29, 1.82) is 0 Å². The quantitative estimate of drug-likeness (QED) is 0.848. The van der Waals surface area contributed by atoms with Crippen LogP contribution in [0.3, 0.4) is 0 Å². The summed E-state index contributed by atoms with van der Waals surface area (Å²) in [5.41, 5.74) is 1.22. The third kappa shape index (κ3) is 3.31. The lowest BCUT2D eigenvalue weighted by Crippen LogP contribution is -2.27. The molecule has 2 rings (SSSR count). The fourth-order valence-corrected chi connectivity index (χ4v) is 2.43. The molecular formula is C14H19NO3. The number of aliphatic hydroxyl groups excluding tert-OH is 1. The number of carboxylic acid groups (broad SMARTS) is 1. The highest BCUT2D eigenvalue weighted by Gasteiger charge is 2.29. The lowest BCUT2D eigenvalue weighted by molar-refractivity contribution is -0.145. The van der Waals surface area contributed by atoms with E-state index in [0.717, 1.165) is 19.6 Å². The highest BCUT2D eigenvalue weighted by Crippen LogP contribution is 2.19. The van der Waals surface area contributed by atoms with Gasteiger partial charge in [0.15, 0.2) is 0 Å². The van der Waals surface area contributed by atoms with E-state index < -0.39 is 18.0 Å². The van der Waals surface area contributed by atoms with Gasteiger partial charge in [-0.15, -0.1) is 0 Å². The Balaban J connectivity index is 1.95. The van der Waals surface area contributed by atoms with Crippen molar-refractivity contribution >= 4 is 5.97 Å². The number of benzene rings is 1. The third-order valence-electron chi connectivity index (χ3n) is 3.53. The Bertz CT molecular complexity index is 393. The molecule has 1 saturated heterocycles. The van der Waals surface area contributed by atoms with Crippen LogP contribution < -0.4 is 0 Å². The minimum Gasteiger partial charge on any atom is -0.481 e. The number of rotatable bonds is 3. The lowest BCUT2D eigenvalue weighted by Gasteiger charge is -2.19. The van der Waals surface area contributed by atoms with Crippen LogP contribution in [0.5, 0.6) is 0 Å². The third-order valence-corrected chi connectivity index (χ3v) is 3.53. The standard InChI is InChI=1S/C14H19NO3/c16-13-7-9-15(8-6-12(13)14(17)18)10-11-4-2-1-3-5-11/h1-5,12-13,16H,6-10H2,(H,17,18). The average Bonchev–Trinajstić information content (AvgIpc) is 2.53. The van der Waals surface area contributed by atoms with Crippen LogP contribution in [0.2, 0.25) is 0 Å². The van der Waals surface area contributed by atoms with Gasteiger partial charge in [-0.25, -0.2) is 0 Å². The van der Waals surface area contributed by atoms with Crippen molar-refractivity contribution < 1.29 is 15.0 Å². The van der Waals surface area contributed by atoms with E-state index in [1.807, 2.05) is 18.2 Å². The van der Waals surface area contributed by atoms with Crippen molar-refractivity contribution in [2.45, 2.75) is 25.5 Å². The fraction of sp³-hybridized carbons (Fsp3) is 0.500. The van der Waals surface area contributed by atoms with Crippen molar-refractivity contribution in [2.75, 3.05) is 13.1 Å². The molecule has 4 heteroatoms. The smallest absolute Gasteiger partial charge is 0.309 e. The fourth-order valence-electron chi connectivity index (χ4n) is 2.43. The molecule has 1 aromatic carbocycles. The van der Waals surface area contributed by atoms with Crippen molar-refractivity contribution in [2.24, 2.45) is 5.92 Å². The van der Waals surface area contributed by atoms with Gasteiger partial charge in [0, 0.05) is 13.1 Å². The second kappa shape index (κ2) is 5.98. The van der Waals surface area contributed by atoms with E-state index in [-0.39, 0.29) is 0 Å². The summed E-state index contributed by atoms with van der Waals surface area (Å²) in [6.45, 7) is 2.29. The number of likely N-dealkylation sites (tertiary alicyclic amines) is 1. The molecule has 0 aromatic heterocycles. The van der Waals surface area contributed by atoms with E-state index in [4.69, 9.17) is 5.11 Å². The lowest BCUT2D eigenvalue weighted by atomic mass is 9.98. The van der Waals surface area contributed by atoms with Gasteiger partial charge in [0.05, 0.1) is 12.0 Å². The zero-order valence-corrected chi connectivity index (χ0v) is 10.3. The molecule has 0 amide bonds. The van der Waals surface area contributed by atoms with Crippen molar-refractivity contribution in [3.63, 3.8) is 0 Å². The Kier molecular flexibility index (Phi) is 4.33. The first-order chi connectivity index (χ1) is 8.66. The topological polar surface area (TPSA) is 60.8 Å². The number of nitrogens with zero attached hydrogens (tertiary/aromatic N) is 1. The van der Waals surface area contributed by atoms with Gasteiger partial charge in [-0.3, -0.25) is 9.69 Å². The maximum atomic E-state index is 11.0. The van der Waals surface area contributed by atoms with Crippen LogP contribution in [-0.2, 0) is 11.3 Å². The van der Waals surface area contributed by atoms with Gasteiger partial charge in [0.2, 0.25) is 0 Å². The van der Waals surface area contributed by atoms with Gasteiger partial charge in [-0.2, -0.15) is 0 Å². The van der Waals surface area contributed by atoms with Crippen LogP contribution in [0.15, 0.2) is 30.3 Å². The molecule has 0 radical (unpaired) electrons. The summed E-state index contributed by atoms with van der Waals surface area (Å²) < 4.78 is 0. The van der Waals surface area contributed by atoms with Gasteiger partial charge < -0.3 is 10.2 Å². The summed E-state index contributed by atoms with van der Waals surface area (Å²) in [6.07, 6.45) is 0.330. The van der Waals surface area contributed by atoms with E-state index in [1.165, 1.54) is 5.56 Å². The maximum absolute atomic E-state index is 11.0. The molecule has 1 aliphatic rings. The van der Waals surface area contributed by atoms with Crippen LogP contribution in [0.25, 0.3) is 0 Å². The van der Waals surface area contributed by atoms with Crippen LogP contribution in [0.1, 0.15) is 18.4 Å². The molecule has 0 bridgehead atoms. The van der Waals surface area contributed by atoms with E-state index in [0.29, 0.717) is 12.8 Å². The SMILES string of the molecule is O=C(O)C1CCN(Cc2ccccc2)CCC1O. The molecule has 0 saturated carbocycles. The molecule has 1 aromatic rings. The van der Waals surface area contributed by atoms with Crippen molar-refractivity contribution in [1.82, 2.24) is 4.90 Å². The first kappa shape index (κ1) is 13.1. The Morgan fingerprint density at radius 1 is 1.22 bits per heavy atom. The Labute approximate surface area is 107 Å². The molecule has 1 heterocycles. The normalized spacial score (nSPS) is 25.6. The molecule has 2 unspecified atom stereocenters. The summed E-state index contributed by atoms with van der Waals surface area (Å²) in [6, 6.07) is 10.1. The predicted molar refractivity (Wildman–Crippen MR) is 68.1 cm³/mol. The Hall–Kier alpha value is -1.39. The molecule has 0 aliphatic carbocycles. The second-order valence-corrected chi connectivity index (χ2v) is 4.85. The minimum absolute atomic E-state index is 0.517. The number of carboxylic acids is 1. The number of aliphatic hydroxyl groups is 1. The van der Waals surface area contributed by atoms with E-state index in [9.17, 15) is 9.90 Å². The summed E-state index contributed by atoms with van der Waals surface area (Å²) in [5, 5.41) is 18.8. The van der Waals surface area contributed by atoms with E-state index in [1.54, 1.807) is 0 Å². The van der Waals surface area contributed by atoms with Crippen molar-refractivity contribution in [3.05, 3.63) is 35.9 Å². The molecule has 98 valence electrons. The molecule has 0 spiro atoms. The number of hydrogen-bond acceptors (Lipinski definition) is 3. The molecule has 1 aliphatic heterocycles. The summed E-state index contributed by atoms with van der Waals surface area (Å²) >= 11 is 0. The number of hydrogen-bond donors (Lipinski definition) is 2. The monoisotopic (exact) mass is 249 g/mol. The van der Waals surface area contributed by atoms with Gasteiger partial charge in [0.1, 0.15) is 0 Å². The zero-order valence-electron chi connectivity index (χ0n) is 10.3. The van der Waals surface area contributed by atoms with Crippen LogP contribution in [0.4, 0.5) is 0 Å².